The van der Waals surface area contributed by atoms with E-state index < -0.39 is 0 Å². The van der Waals surface area contributed by atoms with Crippen LogP contribution in [0.15, 0.2) is 0 Å². The molecule has 0 aromatic heterocycles. The van der Waals surface area contributed by atoms with Crippen molar-refractivity contribution in [2.24, 2.45) is 0 Å². The zero-order valence-corrected chi connectivity index (χ0v) is 9.07. The third-order valence-corrected chi connectivity index (χ3v) is 2.10. The van der Waals surface area contributed by atoms with E-state index in [9.17, 15) is 0 Å². The number of rotatable bonds is 5. The van der Waals surface area contributed by atoms with E-state index in [4.69, 9.17) is 9.47 Å². The maximum absolute atomic E-state index is 5.64. The molecule has 0 aliphatic carbocycles. The first-order chi connectivity index (χ1) is 5.93. The molecule has 0 spiro atoms. The van der Waals surface area contributed by atoms with Gasteiger partial charge in [0.2, 0.25) is 0 Å². The average molecular weight is 210 g/mol. The average Bonchev–Trinajstić information content (AvgIpc) is 2.14. The molecule has 0 bridgehead atoms. The minimum Gasteiger partial charge on any atom is -0.385 e. The molecule has 1 atom stereocenters. The van der Waals surface area contributed by atoms with E-state index in [2.05, 4.69) is 5.32 Å². The monoisotopic (exact) mass is 209 g/mol. The van der Waals surface area contributed by atoms with Crippen LogP contribution in [0.25, 0.3) is 0 Å². The number of nitrogens with one attached hydrogen (secondary N) is 1. The Balaban J connectivity index is 0.00000144. The summed E-state index contributed by atoms with van der Waals surface area (Å²) < 4.78 is 10.6. The lowest BCUT2D eigenvalue weighted by molar-refractivity contribution is 0.0259. The van der Waals surface area contributed by atoms with Crippen molar-refractivity contribution in [2.75, 3.05) is 33.4 Å². The molecular weight excluding hydrogens is 190 g/mol. The molecule has 0 radical (unpaired) electrons. The molecule has 1 fully saturated rings. The van der Waals surface area contributed by atoms with E-state index in [-0.39, 0.29) is 12.4 Å². The Kier molecular flexibility index (Phi) is 8.87. The molecule has 80 valence electrons. The Morgan fingerprint density at radius 1 is 1.38 bits per heavy atom. The van der Waals surface area contributed by atoms with E-state index in [1.807, 2.05) is 0 Å². The number of ether oxygens (including phenoxy) is 2. The highest BCUT2D eigenvalue weighted by molar-refractivity contribution is 5.85. The van der Waals surface area contributed by atoms with Crippen molar-refractivity contribution < 1.29 is 9.47 Å². The Morgan fingerprint density at radius 3 is 2.85 bits per heavy atom. The maximum Gasteiger partial charge on any atom is 0.0699 e. The molecule has 0 saturated carbocycles. The highest BCUT2D eigenvalue weighted by Gasteiger charge is 2.12. The molecule has 1 unspecified atom stereocenters. The predicted octanol–water partition coefficient (Wildman–Crippen LogP) is 1.21. The fraction of sp³-hybridized carbons (Fsp3) is 1.00. The number of piperidine rings is 1. The van der Waals surface area contributed by atoms with Gasteiger partial charge in [0.1, 0.15) is 0 Å². The molecule has 0 aromatic rings. The quantitative estimate of drug-likeness (QED) is 0.691. The van der Waals surface area contributed by atoms with Gasteiger partial charge in [-0.15, -0.1) is 12.4 Å². The van der Waals surface area contributed by atoms with Gasteiger partial charge >= 0.3 is 0 Å². The van der Waals surface area contributed by atoms with Gasteiger partial charge in [-0.3, -0.25) is 0 Å². The Bertz CT molecular complexity index is 108. The third kappa shape index (κ3) is 6.27. The first-order valence-corrected chi connectivity index (χ1v) is 4.74. The Labute approximate surface area is 86.6 Å². The Hall–Kier alpha value is 0.170. The summed E-state index contributed by atoms with van der Waals surface area (Å²) in [4.78, 5) is 0. The molecule has 0 amide bonds. The standard InChI is InChI=1S/C9H19NO2.ClH/c1-11-6-3-7-12-9-4-2-5-10-8-9;/h9-10H,2-8H2,1H3;1H. The predicted molar refractivity (Wildman–Crippen MR) is 55.6 cm³/mol. The van der Waals surface area contributed by atoms with Crippen LogP contribution >= 0.6 is 12.4 Å². The smallest absolute Gasteiger partial charge is 0.0699 e. The van der Waals surface area contributed by atoms with Crippen LogP contribution in [0.1, 0.15) is 19.3 Å². The lowest BCUT2D eigenvalue weighted by Gasteiger charge is -2.22. The van der Waals surface area contributed by atoms with Gasteiger partial charge < -0.3 is 14.8 Å². The van der Waals surface area contributed by atoms with Crippen molar-refractivity contribution in [3.05, 3.63) is 0 Å². The van der Waals surface area contributed by atoms with Crippen molar-refractivity contribution in [1.29, 1.82) is 0 Å². The molecular formula is C9H20ClNO2. The summed E-state index contributed by atoms with van der Waals surface area (Å²) in [5.41, 5.74) is 0. The van der Waals surface area contributed by atoms with E-state index in [0.29, 0.717) is 6.10 Å². The molecule has 1 heterocycles. The maximum atomic E-state index is 5.64. The second kappa shape index (κ2) is 8.75. The molecule has 3 nitrogen and oxygen atoms in total. The number of methoxy groups -OCH3 is 1. The first-order valence-electron chi connectivity index (χ1n) is 4.74. The summed E-state index contributed by atoms with van der Waals surface area (Å²) >= 11 is 0. The van der Waals surface area contributed by atoms with Crippen LogP contribution in [-0.2, 0) is 9.47 Å². The van der Waals surface area contributed by atoms with Crippen LogP contribution in [-0.4, -0.2) is 39.5 Å². The van der Waals surface area contributed by atoms with Gasteiger partial charge in [0.15, 0.2) is 0 Å². The molecule has 4 heteroatoms. The Morgan fingerprint density at radius 2 is 2.23 bits per heavy atom. The fourth-order valence-corrected chi connectivity index (χ4v) is 1.42. The molecule has 1 N–H and O–H groups in total. The van der Waals surface area contributed by atoms with Gasteiger partial charge in [-0.25, -0.2) is 0 Å². The van der Waals surface area contributed by atoms with Gasteiger partial charge in [-0.2, -0.15) is 0 Å². The third-order valence-electron chi connectivity index (χ3n) is 2.10. The summed E-state index contributed by atoms with van der Waals surface area (Å²) in [6.07, 6.45) is 3.90. The number of hydrogen-bond donors (Lipinski definition) is 1. The second-order valence-electron chi connectivity index (χ2n) is 3.19. The minimum absolute atomic E-state index is 0. The SMILES string of the molecule is COCCCOC1CCCNC1.Cl. The normalized spacial score (nSPS) is 22.4. The molecule has 13 heavy (non-hydrogen) atoms. The highest BCUT2D eigenvalue weighted by atomic mass is 35.5. The molecule has 1 saturated heterocycles. The van der Waals surface area contributed by atoms with Crippen LogP contribution in [0.5, 0.6) is 0 Å². The van der Waals surface area contributed by atoms with Crippen LogP contribution in [0.2, 0.25) is 0 Å². The molecule has 1 aliphatic rings. The molecule has 0 aromatic carbocycles. The lowest BCUT2D eigenvalue weighted by atomic mass is 10.1. The van der Waals surface area contributed by atoms with E-state index in [1.165, 1.54) is 12.8 Å². The van der Waals surface area contributed by atoms with Gasteiger partial charge in [0.25, 0.3) is 0 Å². The minimum atomic E-state index is 0. The van der Waals surface area contributed by atoms with Crippen molar-refractivity contribution in [1.82, 2.24) is 5.32 Å². The summed E-state index contributed by atoms with van der Waals surface area (Å²) in [5, 5.41) is 3.32. The van der Waals surface area contributed by atoms with Gasteiger partial charge in [-0.1, -0.05) is 0 Å². The summed E-state index contributed by atoms with van der Waals surface area (Å²) in [5.74, 6) is 0. The lowest BCUT2D eigenvalue weighted by Crippen LogP contribution is -2.35. The zero-order chi connectivity index (χ0) is 8.65. The van der Waals surface area contributed by atoms with Crippen LogP contribution in [0.3, 0.4) is 0 Å². The summed E-state index contributed by atoms with van der Waals surface area (Å²) in [6, 6.07) is 0. The second-order valence-corrected chi connectivity index (χ2v) is 3.19. The van der Waals surface area contributed by atoms with Crippen LogP contribution < -0.4 is 5.32 Å². The summed E-state index contributed by atoms with van der Waals surface area (Å²) in [7, 11) is 1.72. The van der Waals surface area contributed by atoms with Crippen LogP contribution in [0, 0.1) is 0 Å². The summed E-state index contributed by atoms with van der Waals surface area (Å²) in [6.45, 7) is 3.81. The first kappa shape index (κ1) is 13.2. The van der Waals surface area contributed by atoms with Gasteiger partial charge in [0, 0.05) is 26.9 Å². The van der Waals surface area contributed by atoms with E-state index >= 15 is 0 Å². The van der Waals surface area contributed by atoms with E-state index in [0.717, 1.165) is 32.7 Å². The molecule has 1 aliphatic heterocycles. The van der Waals surface area contributed by atoms with Gasteiger partial charge in [-0.05, 0) is 25.8 Å². The van der Waals surface area contributed by atoms with Gasteiger partial charge in [0.05, 0.1) is 6.10 Å². The molecule has 1 rings (SSSR count). The van der Waals surface area contributed by atoms with E-state index in [1.54, 1.807) is 7.11 Å². The number of hydrogen-bond acceptors (Lipinski definition) is 3. The van der Waals surface area contributed by atoms with Crippen molar-refractivity contribution in [3.8, 4) is 0 Å². The highest BCUT2D eigenvalue weighted by Crippen LogP contribution is 2.05. The zero-order valence-electron chi connectivity index (χ0n) is 8.25. The number of halogens is 1. The topological polar surface area (TPSA) is 30.5 Å². The van der Waals surface area contributed by atoms with Crippen molar-refractivity contribution >= 4 is 12.4 Å². The van der Waals surface area contributed by atoms with Crippen LogP contribution in [0.4, 0.5) is 0 Å². The fourth-order valence-electron chi connectivity index (χ4n) is 1.42. The van der Waals surface area contributed by atoms with Crippen molar-refractivity contribution in [3.63, 3.8) is 0 Å². The van der Waals surface area contributed by atoms with Crippen molar-refractivity contribution in [2.45, 2.75) is 25.4 Å². The largest absolute Gasteiger partial charge is 0.385 e.